The van der Waals surface area contributed by atoms with Crippen molar-refractivity contribution in [2.45, 2.75) is 19.0 Å². The number of rotatable bonds is 6. The van der Waals surface area contributed by atoms with E-state index in [4.69, 9.17) is 0 Å². The molecule has 1 amide bonds. The summed E-state index contributed by atoms with van der Waals surface area (Å²) in [5.41, 5.74) is 2.59. The van der Waals surface area contributed by atoms with Crippen LogP contribution in [0.1, 0.15) is 16.8 Å². The number of carbonyl (C=O) groups is 1. The number of thioether (sulfide) groups is 1. The molecule has 0 aliphatic rings. The molecule has 0 bridgehead atoms. The van der Waals surface area contributed by atoms with Crippen LogP contribution < -0.4 is 5.32 Å². The quantitative estimate of drug-likeness (QED) is 0.417. The summed E-state index contributed by atoms with van der Waals surface area (Å²) in [6.07, 6.45) is 0. The lowest BCUT2D eigenvalue weighted by Crippen LogP contribution is -2.18. The molecule has 0 fully saturated rings. The molecule has 7 nitrogen and oxygen atoms in total. The lowest BCUT2D eigenvalue weighted by atomic mass is 10.2. The highest BCUT2D eigenvalue weighted by atomic mass is 32.2. The van der Waals surface area contributed by atoms with Gasteiger partial charge in [0.15, 0.2) is 11.0 Å². The van der Waals surface area contributed by atoms with E-state index in [-0.39, 0.29) is 17.5 Å². The first-order valence-corrected chi connectivity index (χ1v) is 11.5. The zero-order valence-corrected chi connectivity index (χ0v) is 19.2. The second-order valence-electron chi connectivity index (χ2n) is 7.04. The number of aromatic nitrogens is 4. The lowest BCUT2D eigenvalue weighted by Gasteiger charge is -2.13. The van der Waals surface area contributed by atoms with Crippen LogP contribution in [-0.4, -0.2) is 31.0 Å². The summed E-state index contributed by atoms with van der Waals surface area (Å²) in [4.78, 5) is 13.8. The van der Waals surface area contributed by atoms with Crippen LogP contribution >= 0.6 is 23.1 Å². The molecule has 0 aliphatic carbocycles. The fourth-order valence-corrected chi connectivity index (χ4v) is 4.79. The van der Waals surface area contributed by atoms with E-state index in [1.54, 1.807) is 28.0 Å². The molecule has 162 valence electrons. The zero-order chi connectivity index (χ0) is 22.8. The van der Waals surface area contributed by atoms with Crippen molar-refractivity contribution in [3.05, 3.63) is 64.4 Å². The Balaban J connectivity index is 1.56. The number of thiophene rings is 1. The third kappa shape index (κ3) is 4.04. The number of benzene rings is 1. The van der Waals surface area contributed by atoms with Gasteiger partial charge in [-0.15, -0.1) is 21.5 Å². The normalized spacial score (nSPS) is 10.8. The van der Waals surface area contributed by atoms with Crippen molar-refractivity contribution in [1.82, 2.24) is 19.3 Å². The number of amides is 1. The Labute approximate surface area is 192 Å². The Hall–Kier alpha value is -3.42. The van der Waals surface area contributed by atoms with Crippen molar-refractivity contribution < 1.29 is 9.18 Å². The van der Waals surface area contributed by atoms with E-state index >= 15 is 0 Å². The molecule has 0 radical (unpaired) electrons. The Bertz CT molecular complexity index is 1320. The van der Waals surface area contributed by atoms with Crippen LogP contribution in [0.15, 0.2) is 46.9 Å². The van der Waals surface area contributed by atoms with E-state index in [0.29, 0.717) is 22.2 Å². The van der Waals surface area contributed by atoms with Crippen molar-refractivity contribution in [2.24, 2.45) is 7.05 Å². The van der Waals surface area contributed by atoms with Crippen LogP contribution in [0.4, 0.5) is 10.2 Å². The maximum Gasteiger partial charge on any atom is 0.236 e. The van der Waals surface area contributed by atoms with Gasteiger partial charge in [0.2, 0.25) is 5.91 Å². The third-order valence-corrected chi connectivity index (χ3v) is 6.96. The van der Waals surface area contributed by atoms with Gasteiger partial charge in [0.05, 0.1) is 16.2 Å². The standard InChI is InChI=1S/C22H19FN6OS2/c1-13-14(2)29(16-8-6-15(23)7-9-16)20(17(13)11-24)25-19(30)12-32-22-27-26-21(28(22)3)18-5-4-10-31-18/h4-10H,12H2,1-3H3,(H,25,30). The molecule has 10 heteroatoms. The van der Waals surface area contributed by atoms with Crippen LogP contribution in [-0.2, 0) is 11.8 Å². The number of nitrogens with zero attached hydrogens (tertiary/aromatic N) is 5. The number of anilines is 1. The van der Waals surface area contributed by atoms with E-state index in [1.165, 1.54) is 23.9 Å². The van der Waals surface area contributed by atoms with Gasteiger partial charge < -0.3 is 9.88 Å². The van der Waals surface area contributed by atoms with Crippen LogP contribution in [0.2, 0.25) is 0 Å². The van der Waals surface area contributed by atoms with Crippen molar-refractivity contribution >= 4 is 34.8 Å². The summed E-state index contributed by atoms with van der Waals surface area (Å²) < 4.78 is 17.0. The fourth-order valence-electron chi connectivity index (χ4n) is 3.33. The molecule has 3 aromatic heterocycles. The minimum Gasteiger partial charge on any atom is -0.310 e. The second kappa shape index (κ2) is 8.98. The monoisotopic (exact) mass is 466 g/mol. The Morgan fingerprint density at radius 3 is 2.66 bits per heavy atom. The van der Waals surface area contributed by atoms with E-state index in [0.717, 1.165) is 22.0 Å². The molecule has 3 heterocycles. The Morgan fingerprint density at radius 1 is 1.25 bits per heavy atom. The van der Waals surface area contributed by atoms with E-state index in [2.05, 4.69) is 21.6 Å². The van der Waals surface area contributed by atoms with E-state index in [9.17, 15) is 14.4 Å². The zero-order valence-electron chi connectivity index (χ0n) is 17.6. The molecule has 0 atom stereocenters. The summed E-state index contributed by atoms with van der Waals surface area (Å²) in [6.45, 7) is 3.68. The van der Waals surface area contributed by atoms with Crippen LogP contribution in [0.5, 0.6) is 0 Å². The first-order chi connectivity index (χ1) is 15.4. The molecule has 1 N–H and O–H groups in total. The summed E-state index contributed by atoms with van der Waals surface area (Å²) in [5, 5.41) is 23.5. The molecular weight excluding hydrogens is 447 g/mol. The van der Waals surface area contributed by atoms with Gasteiger partial charge in [0.1, 0.15) is 17.7 Å². The third-order valence-electron chi connectivity index (χ3n) is 5.08. The van der Waals surface area contributed by atoms with Gasteiger partial charge in [-0.05, 0) is 55.1 Å². The first kappa shape index (κ1) is 21.8. The summed E-state index contributed by atoms with van der Waals surface area (Å²) in [6, 6.07) is 12.0. The minimum absolute atomic E-state index is 0.0912. The number of nitrogens with one attached hydrogen (secondary N) is 1. The Morgan fingerprint density at radius 2 is 2.00 bits per heavy atom. The first-order valence-electron chi connectivity index (χ1n) is 9.64. The van der Waals surface area contributed by atoms with Crippen LogP contribution in [0, 0.1) is 31.0 Å². The Kier molecular flexibility index (Phi) is 6.12. The fraction of sp³-hybridized carbons (Fsp3) is 0.182. The molecule has 0 saturated carbocycles. The largest absolute Gasteiger partial charge is 0.310 e. The highest BCUT2D eigenvalue weighted by Gasteiger charge is 2.21. The van der Waals surface area contributed by atoms with Crippen molar-refractivity contribution in [2.75, 3.05) is 11.1 Å². The molecule has 1 aromatic carbocycles. The second-order valence-corrected chi connectivity index (χ2v) is 8.93. The maximum absolute atomic E-state index is 13.4. The minimum atomic E-state index is -0.358. The average molecular weight is 467 g/mol. The van der Waals surface area contributed by atoms with Gasteiger partial charge in [-0.25, -0.2) is 4.39 Å². The molecule has 0 aliphatic heterocycles. The molecule has 0 unspecified atom stereocenters. The predicted molar refractivity (Wildman–Crippen MR) is 124 cm³/mol. The molecular formula is C22H19FN6OS2. The maximum atomic E-state index is 13.4. The highest BCUT2D eigenvalue weighted by Crippen LogP contribution is 2.31. The topological polar surface area (TPSA) is 88.5 Å². The van der Waals surface area contributed by atoms with Crippen LogP contribution in [0.25, 0.3) is 16.4 Å². The van der Waals surface area contributed by atoms with Gasteiger partial charge in [-0.1, -0.05) is 17.8 Å². The number of hydrogen-bond donors (Lipinski definition) is 1. The molecule has 0 spiro atoms. The van der Waals surface area contributed by atoms with Crippen molar-refractivity contribution in [3.63, 3.8) is 0 Å². The van der Waals surface area contributed by atoms with E-state index < -0.39 is 0 Å². The van der Waals surface area contributed by atoms with Gasteiger partial charge in [0, 0.05) is 18.4 Å². The van der Waals surface area contributed by atoms with E-state index in [1.807, 2.05) is 43.0 Å². The van der Waals surface area contributed by atoms with Crippen LogP contribution in [0.3, 0.4) is 0 Å². The van der Waals surface area contributed by atoms with Gasteiger partial charge in [-0.2, -0.15) is 5.26 Å². The van der Waals surface area contributed by atoms with Gasteiger partial charge >= 0.3 is 0 Å². The summed E-state index contributed by atoms with van der Waals surface area (Å²) in [5.74, 6) is 0.563. The number of nitriles is 1. The van der Waals surface area contributed by atoms with Crippen molar-refractivity contribution in [1.29, 1.82) is 5.26 Å². The summed E-state index contributed by atoms with van der Waals surface area (Å²) >= 11 is 2.83. The van der Waals surface area contributed by atoms with Gasteiger partial charge in [-0.3, -0.25) is 9.36 Å². The SMILES string of the molecule is Cc1c(C#N)c(NC(=O)CSc2nnc(-c3cccs3)n2C)n(-c2ccc(F)cc2)c1C. The lowest BCUT2D eigenvalue weighted by molar-refractivity contribution is -0.113. The van der Waals surface area contributed by atoms with Crippen molar-refractivity contribution in [3.8, 4) is 22.5 Å². The number of hydrogen-bond acceptors (Lipinski definition) is 6. The summed E-state index contributed by atoms with van der Waals surface area (Å²) in [7, 11) is 1.86. The average Bonchev–Trinajstić information content (AvgIpc) is 3.48. The molecule has 32 heavy (non-hydrogen) atoms. The smallest absolute Gasteiger partial charge is 0.236 e. The molecule has 0 saturated heterocycles. The molecule has 4 aromatic rings. The van der Waals surface area contributed by atoms with Gasteiger partial charge in [0.25, 0.3) is 0 Å². The molecule has 4 rings (SSSR count). The number of halogens is 1. The predicted octanol–water partition coefficient (Wildman–Crippen LogP) is 4.69. The highest BCUT2D eigenvalue weighted by molar-refractivity contribution is 7.99. The number of carbonyl (C=O) groups excluding carboxylic acids is 1.